The summed E-state index contributed by atoms with van der Waals surface area (Å²) in [6.07, 6.45) is 34.4. The first-order chi connectivity index (χ1) is 35.5. The van der Waals surface area contributed by atoms with Crippen LogP contribution in [-0.4, -0.2) is 108 Å². The normalized spacial score (nSPS) is 20.4. The van der Waals surface area contributed by atoms with Gasteiger partial charge in [-0.25, -0.2) is 13.9 Å². The Morgan fingerprint density at radius 2 is 1.30 bits per heavy atom. The topological polar surface area (TPSA) is 306 Å². The lowest BCUT2D eigenvalue weighted by Crippen LogP contribution is -2.36. The number of phosphoric acid groups is 2. The Balaban J connectivity index is 1.90. The number of aliphatic hydroxyl groups excluding tert-OH is 4. The highest BCUT2D eigenvalue weighted by Crippen LogP contribution is 2.60. The van der Waals surface area contributed by atoms with Crippen molar-refractivity contribution in [2.45, 2.75) is 185 Å². The summed E-state index contributed by atoms with van der Waals surface area (Å²) >= 11 is 0. The van der Waals surface area contributed by atoms with Crippen molar-refractivity contribution in [3.05, 3.63) is 108 Å². The number of hydrogen-bond acceptors (Lipinski definition) is 17. The lowest BCUT2D eigenvalue weighted by Gasteiger charge is -2.21. The van der Waals surface area contributed by atoms with E-state index in [9.17, 15) is 53.7 Å². The van der Waals surface area contributed by atoms with E-state index in [1.54, 1.807) is 30.4 Å². The number of nitrogens with zero attached hydrogens (tertiary/aromatic N) is 2. The second-order valence-corrected chi connectivity index (χ2v) is 20.8. The predicted octanol–water partition coefficient (Wildman–Crippen LogP) is 8.61. The largest absolute Gasteiger partial charge is 0.481 e. The molecule has 1 aromatic heterocycles. The fraction of sp³-hybridized carbons (Fsp3) is 0.615. The van der Waals surface area contributed by atoms with Crippen LogP contribution in [0.2, 0.25) is 0 Å². The molecule has 0 aliphatic carbocycles. The maximum Gasteiger partial charge on any atom is 0.481 e. The van der Waals surface area contributed by atoms with E-state index in [1.165, 1.54) is 57.1 Å². The number of phosphoric ester groups is 2. The Hall–Kier alpha value is -4.14. The Kier molecular flexibility index (Phi) is 35.0. The summed E-state index contributed by atoms with van der Waals surface area (Å²) in [6, 6.07) is 1.23. The van der Waals surface area contributed by atoms with Gasteiger partial charge in [0.05, 0.1) is 25.4 Å². The molecule has 8 N–H and O–H groups in total. The molecule has 1 saturated heterocycles. The number of aliphatic hydroxyl groups is 4. The fourth-order valence-electron chi connectivity index (χ4n) is 7.05. The van der Waals surface area contributed by atoms with E-state index in [2.05, 4.69) is 53.5 Å². The maximum atomic E-state index is 12.9. The van der Waals surface area contributed by atoms with Gasteiger partial charge in [0, 0.05) is 19.0 Å². The van der Waals surface area contributed by atoms with Crippen LogP contribution in [0.15, 0.2) is 102 Å². The van der Waals surface area contributed by atoms with Crippen molar-refractivity contribution in [1.29, 1.82) is 0 Å². The monoisotopic (exact) mass is 1080 g/mol. The van der Waals surface area contributed by atoms with Crippen LogP contribution < -0.4 is 11.4 Å². The van der Waals surface area contributed by atoms with E-state index in [4.69, 9.17) is 29.0 Å². The highest BCUT2D eigenvalue weighted by Gasteiger charge is 2.46. The molecule has 1 aliphatic rings. The van der Waals surface area contributed by atoms with Crippen molar-refractivity contribution in [2.24, 2.45) is 0 Å². The number of hydrogen-bond donors (Lipinski definition) is 7. The molecule has 20 nitrogen and oxygen atoms in total. The summed E-state index contributed by atoms with van der Waals surface area (Å²) in [5, 5.41) is 41.4. The molecule has 0 saturated carbocycles. The molecule has 2 unspecified atom stereocenters. The molecule has 74 heavy (non-hydrogen) atoms. The zero-order valence-electron chi connectivity index (χ0n) is 43.1. The molecular formula is C52H83N3O17P2. The highest BCUT2D eigenvalue weighted by molar-refractivity contribution is 7.61. The smallest absolute Gasteiger partial charge is 0.462 e. The minimum atomic E-state index is -5.50. The zero-order valence-corrected chi connectivity index (χ0v) is 44.9. The first-order valence-corrected chi connectivity index (χ1v) is 28.8. The van der Waals surface area contributed by atoms with Crippen LogP contribution in [-0.2, 0) is 46.3 Å². The van der Waals surface area contributed by atoms with E-state index in [0.717, 1.165) is 49.3 Å². The van der Waals surface area contributed by atoms with Gasteiger partial charge in [0.25, 0.3) is 0 Å². The molecule has 0 amide bonds. The molecule has 2 rings (SSSR count). The molecule has 0 spiro atoms. The summed E-state index contributed by atoms with van der Waals surface area (Å²) in [5.74, 6) is -1.62. The molecule has 1 aliphatic heterocycles. The molecule has 9 atom stereocenters. The van der Waals surface area contributed by atoms with Crippen molar-refractivity contribution in [3.8, 4) is 0 Å². The number of aromatic nitrogens is 2. The van der Waals surface area contributed by atoms with Crippen LogP contribution in [0.3, 0.4) is 0 Å². The molecule has 1 aromatic rings. The summed E-state index contributed by atoms with van der Waals surface area (Å²) < 4.78 is 56.5. The molecule has 22 heteroatoms. The van der Waals surface area contributed by atoms with Crippen molar-refractivity contribution < 1.29 is 76.5 Å². The summed E-state index contributed by atoms with van der Waals surface area (Å²) in [7, 11) is -11.0. The van der Waals surface area contributed by atoms with Crippen LogP contribution in [0.4, 0.5) is 5.82 Å². The molecule has 0 aromatic carbocycles. The van der Waals surface area contributed by atoms with E-state index < -0.39 is 95.9 Å². The van der Waals surface area contributed by atoms with Crippen LogP contribution in [0, 0.1) is 0 Å². The third-order valence-electron chi connectivity index (χ3n) is 11.1. The molecule has 1 fully saturated rings. The van der Waals surface area contributed by atoms with Gasteiger partial charge < -0.3 is 50.2 Å². The van der Waals surface area contributed by atoms with Crippen LogP contribution in [0.5, 0.6) is 0 Å². The van der Waals surface area contributed by atoms with Crippen molar-refractivity contribution in [1.82, 2.24) is 9.55 Å². The van der Waals surface area contributed by atoms with Crippen molar-refractivity contribution in [3.63, 3.8) is 0 Å². The lowest BCUT2D eigenvalue weighted by molar-refractivity contribution is -0.161. The van der Waals surface area contributed by atoms with Gasteiger partial charge in [-0.05, 0) is 76.7 Å². The average Bonchev–Trinajstić information content (AvgIpc) is 3.63. The highest BCUT2D eigenvalue weighted by atomic mass is 31.3. The predicted molar refractivity (Wildman–Crippen MR) is 282 cm³/mol. The molecule has 0 radical (unpaired) electrons. The number of nitrogens with two attached hydrogens (primary N) is 1. The van der Waals surface area contributed by atoms with Gasteiger partial charge in [-0.1, -0.05) is 144 Å². The lowest BCUT2D eigenvalue weighted by atomic mass is 10.1. The quantitative estimate of drug-likeness (QED) is 0.0106. The number of nitrogen functional groups attached to an aromatic ring is 1. The molecule has 0 bridgehead atoms. The number of rotatable bonds is 41. The Morgan fingerprint density at radius 1 is 0.730 bits per heavy atom. The molecular weight excluding hydrogens is 1000 g/mol. The van der Waals surface area contributed by atoms with Crippen molar-refractivity contribution in [2.75, 3.05) is 25.6 Å². The number of carbonyl (C=O) groups excluding carboxylic acids is 2. The van der Waals surface area contributed by atoms with Gasteiger partial charge in [-0.2, -0.15) is 9.29 Å². The zero-order chi connectivity index (χ0) is 54.5. The van der Waals surface area contributed by atoms with Crippen LogP contribution in [0.25, 0.3) is 0 Å². The molecule has 2 heterocycles. The van der Waals surface area contributed by atoms with Crippen molar-refractivity contribution >= 4 is 33.4 Å². The number of esters is 2. The first-order valence-electron chi connectivity index (χ1n) is 25.8. The van der Waals surface area contributed by atoms with Gasteiger partial charge in [0.1, 0.15) is 30.7 Å². The third-order valence-corrected chi connectivity index (χ3v) is 13.7. The number of anilines is 1. The standard InChI is InChI=1S/C52H83N3O17P2/c1-3-5-7-9-11-12-13-14-15-16-17-18-19-20-21-23-29-35-47(58)67-39-44(70-48(59)36-30-34-43(57)33-28-25-24-27-32-42(56)31-26-22-10-8-6-4-2)40-68-73(63,64)72-74(65,66)69-41-45-49(60)50(61)51(71-45)55-38-37-46(53)54-52(55)62/h14-15,17-18,20-22,24-28,32-33,37-38,42-45,49-51,56-57,60-61H,3-13,16,19,23,29-31,34-36,39-41H2,1-2H3,(H,63,64)(H,65,66)(H2,53,54,62)/b15-14-,18-17-,21-20-,25-24+,26-22-,32-27+,33-28-/t42-,43-,44+,45+,49+,50+,51+/m0/s1. The van der Waals surface area contributed by atoms with Gasteiger partial charge in [-0.3, -0.25) is 23.2 Å². The van der Waals surface area contributed by atoms with Crippen LogP contribution in [0.1, 0.15) is 148 Å². The van der Waals surface area contributed by atoms with E-state index in [1.807, 2.05) is 18.2 Å². The minimum Gasteiger partial charge on any atom is -0.462 e. The first kappa shape index (κ1) is 66.0. The van der Waals surface area contributed by atoms with E-state index >= 15 is 0 Å². The average molecular weight is 1080 g/mol. The maximum absolute atomic E-state index is 12.9. The second kappa shape index (κ2) is 39.3. The summed E-state index contributed by atoms with van der Waals surface area (Å²) in [4.78, 5) is 61.9. The molecule has 418 valence electrons. The minimum absolute atomic E-state index is 0.00177. The Morgan fingerprint density at radius 3 is 1.97 bits per heavy atom. The van der Waals surface area contributed by atoms with Gasteiger partial charge in [0.2, 0.25) is 0 Å². The van der Waals surface area contributed by atoms with Crippen LogP contribution >= 0.6 is 15.6 Å². The number of carbonyl (C=O) groups is 2. The third kappa shape index (κ3) is 31.7. The number of unbranched alkanes of at least 4 members (excludes halogenated alkanes) is 10. The number of allylic oxidation sites excluding steroid dienone is 11. The van der Waals surface area contributed by atoms with Gasteiger partial charge in [-0.15, -0.1) is 0 Å². The number of ether oxygens (including phenoxy) is 3. The fourth-order valence-corrected chi connectivity index (χ4v) is 9.16. The van der Waals surface area contributed by atoms with E-state index in [-0.39, 0.29) is 31.5 Å². The summed E-state index contributed by atoms with van der Waals surface area (Å²) in [5.41, 5.74) is 4.56. The SMILES string of the molecule is CCCCC/C=C\C[C@H](O)/C=C/C=C/C=C\[C@H](O)CCCC(=O)O[C@H](COC(=O)CCC/C=C\C/C=C\C/C=C\CCCCCCCC)COP(=O)(O)OP(=O)(O)OC[C@H]1O[C@@H](n2ccc(N)nc2=O)[C@H](O)[C@@H]1O. The Labute approximate surface area is 436 Å². The Bertz CT molecular complexity index is 2110. The van der Waals surface area contributed by atoms with Gasteiger partial charge >= 0.3 is 33.3 Å². The van der Waals surface area contributed by atoms with E-state index in [0.29, 0.717) is 19.3 Å². The second-order valence-electron chi connectivity index (χ2n) is 17.7. The van der Waals surface area contributed by atoms with Gasteiger partial charge in [0.15, 0.2) is 12.3 Å². The summed E-state index contributed by atoms with van der Waals surface area (Å²) in [6.45, 7) is 1.79.